The fourth-order valence-electron chi connectivity index (χ4n) is 0.979. The summed E-state index contributed by atoms with van der Waals surface area (Å²) >= 11 is 0. The molecule has 0 aromatic rings. The third kappa shape index (κ3) is 7.30. The van der Waals surface area contributed by atoms with E-state index in [1.54, 1.807) is 12.1 Å². The summed E-state index contributed by atoms with van der Waals surface area (Å²) in [5.41, 5.74) is 2.36. The monoisotopic (exact) mass is 179 g/mol. The quantitative estimate of drug-likeness (QED) is 0.532. The van der Waals surface area contributed by atoms with E-state index in [1.165, 1.54) is 5.57 Å². The summed E-state index contributed by atoms with van der Waals surface area (Å²) in [6.07, 6.45) is 4.67. The van der Waals surface area contributed by atoms with Gasteiger partial charge in [0.25, 0.3) is 0 Å². The normalized spacial score (nSPS) is 13.3. The van der Waals surface area contributed by atoms with Gasteiger partial charge in [0.1, 0.15) is 0 Å². The maximum Gasteiger partial charge on any atom is 0.159 e. The standard InChI is InChI=1S/C11H17NO/c1-9(2)5-4-6-10(3)7-11(13)8-12/h5,7,11,13H,4,6H2,1-3H3/b10-7+/t11-/m1/s1. The number of allylic oxidation sites excluding steroid dienone is 3. The second kappa shape index (κ2) is 6.45. The number of nitriles is 1. The Balaban J connectivity index is 3.88. The lowest BCUT2D eigenvalue weighted by atomic mass is 10.1. The lowest BCUT2D eigenvalue weighted by Gasteiger charge is -1.99. The Labute approximate surface area is 80.2 Å². The first-order valence-electron chi connectivity index (χ1n) is 4.44. The van der Waals surface area contributed by atoms with Crippen LogP contribution >= 0.6 is 0 Å². The molecule has 72 valence electrons. The largest absolute Gasteiger partial charge is 0.374 e. The maximum absolute atomic E-state index is 8.98. The number of hydrogen-bond donors (Lipinski definition) is 1. The van der Waals surface area contributed by atoms with Crippen molar-refractivity contribution < 1.29 is 5.11 Å². The second-order valence-electron chi connectivity index (χ2n) is 3.41. The van der Waals surface area contributed by atoms with Gasteiger partial charge in [-0.2, -0.15) is 5.26 Å². The van der Waals surface area contributed by atoms with Gasteiger partial charge in [-0.15, -0.1) is 0 Å². The summed E-state index contributed by atoms with van der Waals surface area (Å²) in [5.74, 6) is 0. The summed E-state index contributed by atoms with van der Waals surface area (Å²) in [4.78, 5) is 0. The van der Waals surface area contributed by atoms with E-state index in [0.29, 0.717) is 0 Å². The van der Waals surface area contributed by atoms with Gasteiger partial charge >= 0.3 is 0 Å². The minimum Gasteiger partial charge on any atom is -0.374 e. The third-order valence-corrected chi connectivity index (χ3v) is 1.67. The van der Waals surface area contributed by atoms with Crippen LogP contribution in [0.4, 0.5) is 0 Å². The lowest BCUT2D eigenvalue weighted by molar-refractivity contribution is 0.277. The minimum atomic E-state index is -0.952. The van der Waals surface area contributed by atoms with Crippen LogP contribution in [-0.2, 0) is 0 Å². The Morgan fingerprint density at radius 3 is 2.54 bits per heavy atom. The Bertz CT molecular complexity index is 241. The van der Waals surface area contributed by atoms with Crippen molar-refractivity contribution in [2.75, 3.05) is 0 Å². The van der Waals surface area contributed by atoms with Crippen molar-refractivity contribution in [1.82, 2.24) is 0 Å². The van der Waals surface area contributed by atoms with Gasteiger partial charge in [0, 0.05) is 0 Å². The molecule has 2 heteroatoms. The molecule has 0 amide bonds. The predicted molar refractivity (Wildman–Crippen MR) is 54.0 cm³/mol. The summed E-state index contributed by atoms with van der Waals surface area (Å²) in [6.45, 7) is 6.05. The summed E-state index contributed by atoms with van der Waals surface area (Å²) < 4.78 is 0. The van der Waals surface area contributed by atoms with Gasteiger partial charge in [-0.25, -0.2) is 0 Å². The van der Waals surface area contributed by atoms with Crippen LogP contribution in [0.25, 0.3) is 0 Å². The molecule has 0 aliphatic heterocycles. The van der Waals surface area contributed by atoms with E-state index >= 15 is 0 Å². The molecular weight excluding hydrogens is 162 g/mol. The van der Waals surface area contributed by atoms with Crippen molar-refractivity contribution in [2.24, 2.45) is 0 Å². The maximum atomic E-state index is 8.98. The zero-order valence-electron chi connectivity index (χ0n) is 8.54. The number of rotatable bonds is 4. The van der Waals surface area contributed by atoms with E-state index in [0.717, 1.165) is 18.4 Å². The molecule has 0 aliphatic carbocycles. The molecule has 0 aromatic carbocycles. The molecule has 0 heterocycles. The first kappa shape index (κ1) is 11.9. The SMILES string of the molecule is CC(C)=CCC/C(C)=C/[C@@H](O)C#N. The molecule has 0 bridgehead atoms. The average Bonchev–Trinajstić information content (AvgIpc) is 2.03. The zero-order chi connectivity index (χ0) is 10.3. The molecule has 0 aromatic heterocycles. The number of aliphatic hydroxyl groups is 1. The molecule has 0 rings (SSSR count). The first-order valence-corrected chi connectivity index (χ1v) is 4.44. The van der Waals surface area contributed by atoms with E-state index in [1.807, 2.05) is 6.92 Å². The molecule has 0 fully saturated rings. The lowest BCUT2D eigenvalue weighted by Crippen LogP contribution is -1.97. The van der Waals surface area contributed by atoms with E-state index in [-0.39, 0.29) is 0 Å². The minimum absolute atomic E-state index is 0.907. The van der Waals surface area contributed by atoms with Gasteiger partial charge in [-0.05, 0) is 39.7 Å². The van der Waals surface area contributed by atoms with Crippen LogP contribution in [0.15, 0.2) is 23.3 Å². The molecule has 2 nitrogen and oxygen atoms in total. The van der Waals surface area contributed by atoms with Crippen LogP contribution < -0.4 is 0 Å². The second-order valence-corrected chi connectivity index (χ2v) is 3.41. The molecule has 0 aliphatic rings. The van der Waals surface area contributed by atoms with E-state index < -0.39 is 6.10 Å². The van der Waals surface area contributed by atoms with Gasteiger partial charge in [-0.1, -0.05) is 17.2 Å². The van der Waals surface area contributed by atoms with Gasteiger partial charge in [-0.3, -0.25) is 0 Å². The number of nitrogens with zero attached hydrogens (tertiary/aromatic N) is 1. The van der Waals surface area contributed by atoms with E-state index in [2.05, 4.69) is 19.9 Å². The van der Waals surface area contributed by atoms with E-state index in [4.69, 9.17) is 10.4 Å². The van der Waals surface area contributed by atoms with Gasteiger partial charge in [0.2, 0.25) is 0 Å². The van der Waals surface area contributed by atoms with E-state index in [9.17, 15) is 0 Å². The Morgan fingerprint density at radius 2 is 2.08 bits per heavy atom. The highest BCUT2D eigenvalue weighted by molar-refractivity contribution is 5.09. The Hall–Kier alpha value is -1.07. The molecule has 1 N–H and O–H groups in total. The van der Waals surface area contributed by atoms with Crippen LogP contribution in [0.2, 0.25) is 0 Å². The summed E-state index contributed by atoms with van der Waals surface area (Å²) in [5, 5.41) is 17.3. The van der Waals surface area contributed by atoms with Crippen molar-refractivity contribution in [2.45, 2.75) is 39.7 Å². The van der Waals surface area contributed by atoms with Gasteiger partial charge < -0.3 is 5.11 Å². The third-order valence-electron chi connectivity index (χ3n) is 1.67. The molecule has 0 radical (unpaired) electrons. The highest BCUT2D eigenvalue weighted by Crippen LogP contribution is 2.07. The van der Waals surface area contributed by atoms with Gasteiger partial charge in [0.05, 0.1) is 6.07 Å². The molecule has 0 saturated heterocycles. The zero-order valence-corrected chi connectivity index (χ0v) is 8.54. The molecule has 13 heavy (non-hydrogen) atoms. The fraction of sp³-hybridized carbons (Fsp3) is 0.545. The molecule has 0 spiro atoms. The molecule has 0 saturated carbocycles. The topological polar surface area (TPSA) is 44.0 Å². The summed E-state index contributed by atoms with van der Waals surface area (Å²) in [6, 6.07) is 1.76. The highest BCUT2D eigenvalue weighted by atomic mass is 16.3. The molecule has 0 unspecified atom stereocenters. The van der Waals surface area contributed by atoms with Crippen molar-refractivity contribution in [3.63, 3.8) is 0 Å². The number of aliphatic hydroxyl groups excluding tert-OH is 1. The Morgan fingerprint density at radius 1 is 1.46 bits per heavy atom. The predicted octanol–water partition coefficient (Wildman–Crippen LogP) is 2.56. The van der Waals surface area contributed by atoms with Crippen molar-refractivity contribution in [3.05, 3.63) is 23.3 Å². The van der Waals surface area contributed by atoms with Crippen LogP contribution in [0.3, 0.4) is 0 Å². The smallest absolute Gasteiger partial charge is 0.159 e. The molecule has 1 atom stereocenters. The van der Waals surface area contributed by atoms with Gasteiger partial charge in [0.15, 0.2) is 6.10 Å². The highest BCUT2D eigenvalue weighted by Gasteiger charge is 1.96. The fourth-order valence-corrected chi connectivity index (χ4v) is 0.979. The van der Waals surface area contributed by atoms with Crippen molar-refractivity contribution in [1.29, 1.82) is 5.26 Å². The number of hydrogen-bond acceptors (Lipinski definition) is 2. The van der Waals surface area contributed by atoms with Crippen molar-refractivity contribution >= 4 is 0 Å². The van der Waals surface area contributed by atoms with Crippen LogP contribution in [0.5, 0.6) is 0 Å². The summed E-state index contributed by atoms with van der Waals surface area (Å²) in [7, 11) is 0. The van der Waals surface area contributed by atoms with Crippen LogP contribution in [0.1, 0.15) is 33.6 Å². The van der Waals surface area contributed by atoms with Crippen LogP contribution in [-0.4, -0.2) is 11.2 Å². The van der Waals surface area contributed by atoms with Crippen LogP contribution in [0, 0.1) is 11.3 Å². The molecular formula is C11H17NO. The van der Waals surface area contributed by atoms with Crippen molar-refractivity contribution in [3.8, 4) is 6.07 Å². The first-order chi connectivity index (χ1) is 6.06. The average molecular weight is 179 g/mol. The Kier molecular flexibility index (Phi) is 5.92.